The number of rotatable bonds is 2. The van der Waals surface area contributed by atoms with Gasteiger partial charge in [0.1, 0.15) is 6.33 Å². The highest BCUT2D eigenvalue weighted by Crippen LogP contribution is 1.99. The Bertz CT molecular complexity index is 450. The van der Waals surface area contributed by atoms with Crippen molar-refractivity contribution in [3.05, 3.63) is 24.3 Å². The molecule has 13 heavy (non-hydrogen) atoms. The van der Waals surface area contributed by atoms with Crippen LogP contribution in [0.15, 0.2) is 18.7 Å². The lowest BCUT2D eigenvalue weighted by Crippen LogP contribution is -2.02. The monoisotopic (exact) mass is 178 g/mol. The van der Waals surface area contributed by atoms with Gasteiger partial charge >= 0.3 is 5.97 Å². The first kappa shape index (κ1) is 7.66. The SMILES string of the molecule is O=C(O)Cc1cnc2ncnn2c1. The molecule has 0 amide bonds. The minimum atomic E-state index is -0.888. The summed E-state index contributed by atoms with van der Waals surface area (Å²) in [5.74, 6) is -0.421. The van der Waals surface area contributed by atoms with E-state index in [1.165, 1.54) is 17.0 Å². The Labute approximate surface area is 72.9 Å². The minimum Gasteiger partial charge on any atom is -0.481 e. The van der Waals surface area contributed by atoms with Crippen molar-refractivity contribution in [2.45, 2.75) is 6.42 Å². The van der Waals surface area contributed by atoms with Crippen molar-refractivity contribution in [2.75, 3.05) is 0 Å². The lowest BCUT2D eigenvalue weighted by Gasteiger charge is -1.95. The maximum atomic E-state index is 10.4. The summed E-state index contributed by atoms with van der Waals surface area (Å²) in [6, 6.07) is 0. The molecule has 6 heteroatoms. The number of carboxylic acids is 1. The van der Waals surface area contributed by atoms with Crippen molar-refractivity contribution in [3.8, 4) is 0 Å². The number of carbonyl (C=O) groups is 1. The smallest absolute Gasteiger partial charge is 0.307 e. The van der Waals surface area contributed by atoms with Gasteiger partial charge in [0.15, 0.2) is 0 Å². The average Bonchev–Trinajstić information content (AvgIpc) is 2.49. The molecule has 6 nitrogen and oxygen atoms in total. The van der Waals surface area contributed by atoms with Crippen LogP contribution in [-0.4, -0.2) is 30.7 Å². The van der Waals surface area contributed by atoms with Crippen molar-refractivity contribution >= 4 is 11.7 Å². The third-order valence-electron chi connectivity index (χ3n) is 1.54. The third kappa shape index (κ3) is 1.46. The molecule has 0 aliphatic heterocycles. The van der Waals surface area contributed by atoms with Crippen LogP contribution in [-0.2, 0) is 11.2 Å². The van der Waals surface area contributed by atoms with Gasteiger partial charge in [-0.25, -0.2) is 9.50 Å². The number of aromatic nitrogens is 4. The van der Waals surface area contributed by atoms with Crippen molar-refractivity contribution in [1.29, 1.82) is 0 Å². The van der Waals surface area contributed by atoms with Gasteiger partial charge in [-0.1, -0.05) is 0 Å². The molecule has 0 atom stereocenters. The van der Waals surface area contributed by atoms with Crippen molar-refractivity contribution in [3.63, 3.8) is 0 Å². The number of fused-ring (bicyclic) bond motifs is 1. The zero-order valence-corrected chi connectivity index (χ0v) is 6.58. The Balaban J connectivity index is 2.42. The molecular weight excluding hydrogens is 172 g/mol. The summed E-state index contributed by atoms with van der Waals surface area (Å²) in [5, 5.41) is 12.4. The van der Waals surface area contributed by atoms with Gasteiger partial charge in [-0.3, -0.25) is 4.79 Å². The molecule has 0 spiro atoms. The summed E-state index contributed by atoms with van der Waals surface area (Å²) >= 11 is 0. The molecule has 2 rings (SSSR count). The number of carboxylic acid groups (broad SMARTS) is 1. The molecule has 0 saturated heterocycles. The summed E-state index contributed by atoms with van der Waals surface area (Å²) in [6.07, 6.45) is 4.40. The number of aliphatic carboxylic acids is 1. The zero-order valence-electron chi connectivity index (χ0n) is 6.58. The summed E-state index contributed by atoms with van der Waals surface area (Å²) in [4.78, 5) is 18.1. The topological polar surface area (TPSA) is 80.4 Å². The fourth-order valence-electron chi connectivity index (χ4n) is 1.02. The van der Waals surface area contributed by atoms with Crippen LogP contribution in [0.3, 0.4) is 0 Å². The molecular formula is C7H6N4O2. The van der Waals surface area contributed by atoms with Crippen molar-refractivity contribution in [1.82, 2.24) is 19.6 Å². The molecule has 0 saturated carbocycles. The van der Waals surface area contributed by atoms with Crippen LogP contribution in [0.2, 0.25) is 0 Å². The van der Waals surface area contributed by atoms with E-state index in [0.29, 0.717) is 11.3 Å². The fourth-order valence-corrected chi connectivity index (χ4v) is 1.02. The third-order valence-corrected chi connectivity index (χ3v) is 1.54. The van der Waals surface area contributed by atoms with Gasteiger partial charge in [-0.05, 0) is 0 Å². The van der Waals surface area contributed by atoms with E-state index in [1.54, 1.807) is 6.20 Å². The Morgan fingerprint density at radius 3 is 3.15 bits per heavy atom. The van der Waals surface area contributed by atoms with E-state index in [9.17, 15) is 4.79 Å². The second-order valence-corrected chi connectivity index (χ2v) is 2.54. The van der Waals surface area contributed by atoms with Crippen LogP contribution < -0.4 is 0 Å². The molecule has 0 aliphatic carbocycles. The molecule has 2 heterocycles. The van der Waals surface area contributed by atoms with Crippen LogP contribution in [0.1, 0.15) is 5.56 Å². The highest BCUT2D eigenvalue weighted by Gasteiger charge is 2.02. The number of hydrogen-bond donors (Lipinski definition) is 1. The van der Waals surface area contributed by atoms with E-state index in [4.69, 9.17) is 5.11 Å². The number of nitrogens with zero attached hydrogens (tertiary/aromatic N) is 4. The van der Waals surface area contributed by atoms with Crippen LogP contribution in [0.25, 0.3) is 5.78 Å². The van der Waals surface area contributed by atoms with E-state index in [2.05, 4.69) is 15.1 Å². The lowest BCUT2D eigenvalue weighted by molar-refractivity contribution is -0.136. The van der Waals surface area contributed by atoms with Gasteiger partial charge in [0.2, 0.25) is 0 Å². The van der Waals surface area contributed by atoms with E-state index < -0.39 is 5.97 Å². The second kappa shape index (κ2) is 2.81. The molecule has 2 aromatic rings. The zero-order chi connectivity index (χ0) is 9.26. The first-order valence-corrected chi connectivity index (χ1v) is 3.62. The maximum Gasteiger partial charge on any atom is 0.307 e. The van der Waals surface area contributed by atoms with E-state index in [1.807, 2.05) is 0 Å². The number of hydrogen-bond acceptors (Lipinski definition) is 4. The molecule has 0 aliphatic rings. The van der Waals surface area contributed by atoms with Gasteiger partial charge < -0.3 is 5.11 Å². The van der Waals surface area contributed by atoms with Crippen molar-refractivity contribution in [2.24, 2.45) is 0 Å². The molecule has 0 radical (unpaired) electrons. The van der Waals surface area contributed by atoms with Crippen LogP contribution in [0, 0.1) is 0 Å². The van der Waals surface area contributed by atoms with Gasteiger partial charge in [-0.2, -0.15) is 10.1 Å². The highest BCUT2D eigenvalue weighted by molar-refractivity contribution is 5.69. The predicted molar refractivity (Wildman–Crippen MR) is 42.1 cm³/mol. The van der Waals surface area contributed by atoms with Gasteiger partial charge in [0.25, 0.3) is 5.78 Å². The quantitative estimate of drug-likeness (QED) is 0.685. The van der Waals surface area contributed by atoms with Crippen LogP contribution in [0.4, 0.5) is 0 Å². The standard InChI is InChI=1S/C7H6N4O2/c12-6(13)1-5-2-8-7-9-4-10-11(7)3-5/h2-4H,1H2,(H,12,13). The molecule has 0 bridgehead atoms. The van der Waals surface area contributed by atoms with Crippen molar-refractivity contribution < 1.29 is 9.90 Å². The Morgan fingerprint density at radius 2 is 2.38 bits per heavy atom. The Kier molecular flexibility index (Phi) is 1.66. The Hall–Kier alpha value is -1.98. The van der Waals surface area contributed by atoms with Gasteiger partial charge in [0, 0.05) is 18.0 Å². The molecule has 0 fully saturated rings. The van der Waals surface area contributed by atoms with E-state index in [0.717, 1.165) is 0 Å². The van der Waals surface area contributed by atoms with Crippen LogP contribution in [0.5, 0.6) is 0 Å². The Morgan fingerprint density at radius 1 is 1.54 bits per heavy atom. The van der Waals surface area contributed by atoms with E-state index in [-0.39, 0.29) is 6.42 Å². The maximum absolute atomic E-state index is 10.4. The first-order chi connectivity index (χ1) is 6.25. The normalized spacial score (nSPS) is 10.5. The molecule has 66 valence electrons. The first-order valence-electron chi connectivity index (χ1n) is 3.62. The summed E-state index contributed by atoms with van der Waals surface area (Å²) in [5.41, 5.74) is 0.602. The summed E-state index contributed by atoms with van der Waals surface area (Å²) in [6.45, 7) is 0. The second-order valence-electron chi connectivity index (χ2n) is 2.54. The summed E-state index contributed by atoms with van der Waals surface area (Å²) < 4.78 is 1.44. The summed E-state index contributed by atoms with van der Waals surface area (Å²) in [7, 11) is 0. The average molecular weight is 178 g/mol. The molecule has 0 aromatic carbocycles. The molecule has 2 aromatic heterocycles. The fraction of sp³-hybridized carbons (Fsp3) is 0.143. The lowest BCUT2D eigenvalue weighted by atomic mass is 10.2. The molecule has 0 unspecified atom stereocenters. The minimum absolute atomic E-state index is 0.0528. The van der Waals surface area contributed by atoms with Crippen LogP contribution >= 0.6 is 0 Å². The van der Waals surface area contributed by atoms with E-state index >= 15 is 0 Å². The highest BCUT2D eigenvalue weighted by atomic mass is 16.4. The van der Waals surface area contributed by atoms with Gasteiger partial charge in [0.05, 0.1) is 6.42 Å². The van der Waals surface area contributed by atoms with Gasteiger partial charge in [-0.15, -0.1) is 0 Å². The molecule has 1 N–H and O–H groups in total. The predicted octanol–water partition coefficient (Wildman–Crippen LogP) is -0.249. The largest absolute Gasteiger partial charge is 0.481 e.